The van der Waals surface area contributed by atoms with Gasteiger partial charge in [-0.2, -0.15) is 0 Å². The summed E-state index contributed by atoms with van der Waals surface area (Å²) in [4.78, 5) is 12.1. The highest BCUT2D eigenvalue weighted by molar-refractivity contribution is 6.33. The molecule has 0 fully saturated rings. The van der Waals surface area contributed by atoms with Gasteiger partial charge in [-0.15, -0.1) is 0 Å². The van der Waals surface area contributed by atoms with Gasteiger partial charge in [0.15, 0.2) is 0 Å². The van der Waals surface area contributed by atoms with Crippen LogP contribution < -0.4 is 10.5 Å². The van der Waals surface area contributed by atoms with E-state index in [1.54, 1.807) is 6.08 Å². The number of anilines is 1. The van der Waals surface area contributed by atoms with Gasteiger partial charge in [0.25, 0.3) is 0 Å². The Balaban J connectivity index is 2.01. The lowest BCUT2D eigenvalue weighted by Gasteiger charge is -2.09. The van der Waals surface area contributed by atoms with Crippen LogP contribution in [0.15, 0.2) is 48.5 Å². The Labute approximate surface area is 134 Å². The second-order valence-corrected chi connectivity index (χ2v) is 4.89. The first kappa shape index (κ1) is 15.9. The molecule has 0 saturated heterocycles. The number of carbonyl (C=O) groups is 1. The molecule has 0 aliphatic carbocycles. The smallest absolute Gasteiger partial charge is 0.342 e. The van der Waals surface area contributed by atoms with Gasteiger partial charge in [0.2, 0.25) is 0 Å². The molecule has 2 aromatic rings. The number of nitrogen functional groups attached to an aromatic ring is 1. The lowest BCUT2D eigenvalue weighted by Crippen LogP contribution is -2.08. The minimum Gasteiger partial charge on any atom is -0.496 e. The lowest BCUT2D eigenvalue weighted by molar-refractivity contribution is 0.0546. The quantitative estimate of drug-likeness (QED) is 0.673. The zero-order valence-corrected chi connectivity index (χ0v) is 12.8. The van der Waals surface area contributed by atoms with Crippen molar-refractivity contribution in [3.63, 3.8) is 0 Å². The van der Waals surface area contributed by atoms with Crippen LogP contribution in [0, 0.1) is 0 Å². The first-order valence-corrected chi connectivity index (χ1v) is 7.01. The zero-order chi connectivity index (χ0) is 15.9. The number of halogens is 1. The van der Waals surface area contributed by atoms with Gasteiger partial charge in [-0.1, -0.05) is 48.0 Å². The number of nitrogens with two attached hydrogens (primary N) is 1. The molecule has 0 aliphatic heterocycles. The van der Waals surface area contributed by atoms with Crippen molar-refractivity contribution < 1.29 is 14.3 Å². The number of hydrogen-bond acceptors (Lipinski definition) is 4. The molecule has 2 rings (SSSR count). The molecule has 0 spiro atoms. The monoisotopic (exact) mass is 317 g/mol. The number of hydrogen-bond donors (Lipinski definition) is 1. The summed E-state index contributed by atoms with van der Waals surface area (Å²) in [6.07, 6.45) is 3.64. The molecule has 0 aliphatic rings. The van der Waals surface area contributed by atoms with E-state index in [9.17, 15) is 4.79 Å². The normalized spacial score (nSPS) is 10.6. The molecule has 4 nitrogen and oxygen atoms in total. The molecular formula is C17H16ClNO3. The van der Waals surface area contributed by atoms with Crippen molar-refractivity contribution in [1.82, 2.24) is 0 Å². The van der Waals surface area contributed by atoms with Crippen LogP contribution in [0.2, 0.25) is 5.02 Å². The van der Waals surface area contributed by atoms with Gasteiger partial charge in [-0.05, 0) is 17.7 Å². The first-order valence-electron chi connectivity index (χ1n) is 6.63. The lowest BCUT2D eigenvalue weighted by atomic mass is 10.2. The van der Waals surface area contributed by atoms with Crippen LogP contribution in [-0.4, -0.2) is 19.7 Å². The summed E-state index contributed by atoms with van der Waals surface area (Å²) in [7, 11) is 1.45. The molecule has 5 heteroatoms. The second-order valence-electron chi connectivity index (χ2n) is 4.49. The molecule has 0 saturated carbocycles. The summed E-state index contributed by atoms with van der Waals surface area (Å²) >= 11 is 5.93. The molecule has 0 aromatic heterocycles. The maximum atomic E-state index is 12.1. The highest BCUT2D eigenvalue weighted by Gasteiger charge is 2.15. The van der Waals surface area contributed by atoms with Crippen LogP contribution in [0.4, 0.5) is 5.69 Å². The Morgan fingerprint density at radius 3 is 2.68 bits per heavy atom. The Morgan fingerprint density at radius 2 is 2.00 bits per heavy atom. The van der Waals surface area contributed by atoms with Gasteiger partial charge in [0.1, 0.15) is 17.9 Å². The summed E-state index contributed by atoms with van der Waals surface area (Å²) in [5.41, 5.74) is 7.30. The number of ether oxygens (including phenoxy) is 2. The van der Waals surface area contributed by atoms with Crippen LogP contribution in [0.25, 0.3) is 6.08 Å². The van der Waals surface area contributed by atoms with E-state index in [0.29, 0.717) is 11.4 Å². The van der Waals surface area contributed by atoms with E-state index in [4.69, 9.17) is 26.8 Å². The Hall–Kier alpha value is -2.46. The van der Waals surface area contributed by atoms with Crippen molar-refractivity contribution in [2.24, 2.45) is 0 Å². The van der Waals surface area contributed by atoms with E-state index in [0.717, 1.165) is 5.56 Å². The number of benzene rings is 2. The van der Waals surface area contributed by atoms with Crippen molar-refractivity contribution in [3.05, 3.63) is 64.7 Å². The van der Waals surface area contributed by atoms with E-state index in [1.165, 1.54) is 19.2 Å². The fourth-order valence-corrected chi connectivity index (χ4v) is 2.01. The van der Waals surface area contributed by atoms with Crippen molar-refractivity contribution >= 4 is 29.3 Å². The van der Waals surface area contributed by atoms with Crippen LogP contribution in [0.1, 0.15) is 15.9 Å². The van der Waals surface area contributed by atoms with Crippen LogP contribution in [0.3, 0.4) is 0 Å². The number of methoxy groups -OCH3 is 1. The molecule has 0 radical (unpaired) electrons. The maximum absolute atomic E-state index is 12.1. The van der Waals surface area contributed by atoms with Crippen molar-refractivity contribution in [1.29, 1.82) is 0 Å². The number of esters is 1. The molecular weight excluding hydrogens is 302 g/mol. The van der Waals surface area contributed by atoms with E-state index in [-0.39, 0.29) is 17.2 Å². The zero-order valence-electron chi connectivity index (χ0n) is 12.1. The van der Waals surface area contributed by atoms with Gasteiger partial charge >= 0.3 is 5.97 Å². The van der Waals surface area contributed by atoms with Crippen molar-refractivity contribution in [2.45, 2.75) is 0 Å². The molecule has 0 amide bonds. The van der Waals surface area contributed by atoms with Crippen LogP contribution >= 0.6 is 11.6 Å². The molecule has 0 heterocycles. The van der Waals surface area contributed by atoms with Gasteiger partial charge in [0.05, 0.1) is 17.8 Å². The fourth-order valence-electron chi connectivity index (χ4n) is 1.85. The summed E-state index contributed by atoms with van der Waals surface area (Å²) < 4.78 is 10.3. The summed E-state index contributed by atoms with van der Waals surface area (Å²) in [6.45, 7) is 0.152. The Bertz CT molecular complexity index is 684. The minimum absolute atomic E-state index is 0.152. The topological polar surface area (TPSA) is 61.5 Å². The summed E-state index contributed by atoms with van der Waals surface area (Å²) in [6, 6.07) is 12.7. The molecule has 0 atom stereocenters. The molecule has 22 heavy (non-hydrogen) atoms. The molecule has 2 N–H and O–H groups in total. The van der Waals surface area contributed by atoms with Crippen molar-refractivity contribution in [2.75, 3.05) is 19.5 Å². The average Bonchev–Trinajstić information content (AvgIpc) is 2.54. The average molecular weight is 318 g/mol. The highest BCUT2D eigenvalue weighted by Crippen LogP contribution is 2.29. The number of rotatable bonds is 5. The molecule has 2 aromatic carbocycles. The minimum atomic E-state index is -0.517. The second kappa shape index (κ2) is 7.52. The van der Waals surface area contributed by atoms with E-state index < -0.39 is 5.97 Å². The van der Waals surface area contributed by atoms with Crippen LogP contribution in [0.5, 0.6) is 5.75 Å². The first-order chi connectivity index (χ1) is 10.6. The SMILES string of the molecule is COc1cc(N)c(Cl)cc1C(=O)OC/C=C/c1ccccc1. The maximum Gasteiger partial charge on any atom is 0.342 e. The highest BCUT2D eigenvalue weighted by atomic mass is 35.5. The third kappa shape index (κ3) is 4.02. The third-order valence-electron chi connectivity index (χ3n) is 2.96. The van der Waals surface area contributed by atoms with Crippen molar-refractivity contribution in [3.8, 4) is 5.75 Å². The molecule has 0 bridgehead atoms. The Morgan fingerprint density at radius 1 is 1.27 bits per heavy atom. The van der Waals surface area contributed by atoms with Gasteiger partial charge in [0, 0.05) is 6.07 Å². The predicted octanol–water partition coefficient (Wildman–Crippen LogP) is 3.80. The van der Waals surface area contributed by atoms with Gasteiger partial charge < -0.3 is 15.2 Å². The van der Waals surface area contributed by atoms with E-state index in [1.807, 2.05) is 36.4 Å². The summed E-state index contributed by atoms with van der Waals surface area (Å²) in [5, 5.41) is 0.285. The van der Waals surface area contributed by atoms with E-state index in [2.05, 4.69) is 0 Å². The molecule has 114 valence electrons. The van der Waals surface area contributed by atoms with Gasteiger partial charge in [-0.3, -0.25) is 0 Å². The fraction of sp³-hybridized carbons (Fsp3) is 0.118. The van der Waals surface area contributed by atoms with Gasteiger partial charge in [-0.25, -0.2) is 4.79 Å². The molecule has 0 unspecified atom stereocenters. The standard InChI is InChI=1S/C17H16ClNO3/c1-21-16-11-15(19)14(18)10-13(16)17(20)22-9-5-8-12-6-3-2-4-7-12/h2-8,10-11H,9,19H2,1H3/b8-5+. The van der Waals surface area contributed by atoms with E-state index >= 15 is 0 Å². The number of carbonyl (C=O) groups excluding carboxylic acids is 1. The largest absolute Gasteiger partial charge is 0.496 e. The summed E-state index contributed by atoms with van der Waals surface area (Å²) in [5.74, 6) is -0.185. The Kier molecular flexibility index (Phi) is 5.44. The predicted molar refractivity (Wildman–Crippen MR) is 88.2 cm³/mol. The van der Waals surface area contributed by atoms with Crippen LogP contribution in [-0.2, 0) is 4.74 Å². The third-order valence-corrected chi connectivity index (χ3v) is 3.29.